The summed E-state index contributed by atoms with van der Waals surface area (Å²) in [5, 5.41) is 6.26. The molecule has 0 spiro atoms. The highest BCUT2D eigenvalue weighted by molar-refractivity contribution is 5.85. The molecule has 19 heavy (non-hydrogen) atoms. The Morgan fingerprint density at radius 2 is 1.74 bits per heavy atom. The Balaban J connectivity index is 2.23. The molecule has 0 aromatic heterocycles. The Kier molecular flexibility index (Phi) is 4.98. The van der Waals surface area contributed by atoms with E-state index in [1.54, 1.807) is 0 Å². The lowest BCUT2D eigenvalue weighted by Crippen LogP contribution is -2.27. The highest BCUT2D eigenvalue weighted by Crippen LogP contribution is 2.23. The van der Waals surface area contributed by atoms with Gasteiger partial charge in [-0.15, -0.1) is 0 Å². The minimum Gasteiger partial charge on any atom is -0.317 e. The van der Waals surface area contributed by atoms with E-state index in [-0.39, 0.29) is 0 Å². The molecule has 1 N–H and O–H groups in total. The predicted molar refractivity (Wildman–Crippen MR) is 84.5 cm³/mol. The first-order valence-electron chi connectivity index (χ1n) is 7.39. The second-order valence-electron chi connectivity index (χ2n) is 5.65. The smallest absolute Gasteiger partial charge is 0.00150 e. The van der Waals surface area contributed by atoms with Crippen LogP contribution in [0.5, 0.6) is 0 Å². The number of benzene rings is 2. The van der Waals surface area contributed by atoms with Crippen LogP contribution in [0.1, 0.15) is 26.3 Å². The molecule has 2 aromatic carbocycles. The molecule has 0 radical (unpaired) electrons. The van der Waals surface area contributed by atoms with Crippen LogP contribution in [0.15, 0.2) is 42.5 Å². The highest BCUT2D eigenvalue weighted by Gasteiger charge is 2.14. The number of hydrogen-bond acceptors (Lipinski definition) is 1. The Morgan fingerprint density at radius 3 is 2.47 bits per heavy atom. The molecular formula is C18H25N. The summed E-state index contributed by atoms with van der Waals surface area (Å²) in [4.78, 5) is 0. The molecule has 1 unspecified atom stereocenters. The molecule has 0 amide bonds. The van der Waals surface area contributed by atoms with E-state index < -0.39 is 0 Å². The van der Waals surface area contributed by atoms with Gasteiger partial charge in [-0.3, -0.25) is 0 Å². The molecule has 0 saturated heterocycles. The summed E-state index contributed by atoms with van der Waals surface area (Å²) in [5.74, 6) is 1.41. The van der Waals surface area contributed by atoms with Crippen LogP contribution in [0.4, 0.5) is 0 Å². The zero-order valence-electron chi connectivity index (χ0n) is 12.3. The molecule has 1 atom stereocenters. The van der Waals surface area contributed by atoms with Crippen LogP contribution in [0, 0.1) is 11.8 Å². The maximum absolute atomic E-state index is 3.50. The zero-order chi connectivity index (χ0) is 13.7. The Morgan fingerprint density at radius 1 is 1.00 bits per heavy atom. The van der Waals surface area contributed by atoms with Crippen molar-refractivity contribution in [2.24, 2.45) is 11.8 Å². The van der Waals surface area contributed by atoms with E-state index in [0.717, 1.165) is 19.5 Å². The lowest BCUT2D eigenvalue weighted by Gasteiger charge is -2.22. The molecule has 0 aliphatic rings. The van der Waals surface area contributed by atoms with Gasteiger partial charge in [0.15, 0.2) is 0 Å². The molecule has 0 aliphatic carbocycles. The van der Waals surface area contributed by atoms with E-state index in [0.29, 0.717) is 11.8 Å². The fraction of sp³-hybridized carbons (Fsp3) is 0.444. The van der Waals surface area contributed by atoms with Crippen molar-refractivity contribution in [3.05, 3.63) is 48.0 Å². The van der Waals surface area contributed by atoms with Crippen LogP contribution in [-0.4, -0.2) is 13.1 Å². The third-order valence-electron chi connectivity index (χ3n) is 3.96. The van der Waals surface area contributed by atoms with Gasteiger partial charge in [0.25, 0.3) is 0 Å². The minimum absolute atomic E-state index is 0.700. The van der Waals surface area contributed by atoms with Crippen LogP contribution in [0.2, 0.25) is 0 Å². The molecule has 0 heterocycles. The molecule has 0 saturated carbocycles. The van der Waals surface area contributed by atoms with Gasteiger partial charge in [0.1, 0.15) is 0 Å². The van der Waals surface area contributed by atoms with E-state index in [1.807, 2.05) is 0 Å². The molecule has 1 nitrogen and oxygen atoms in total. The highest BCUT2D eigenvalue weighted by atomic mass is 14.8. The van der Waals surface area contributed by atoms with Crippen molar-refractivity contribution in [1.29, 1.82) is 0 Å². The van der Waals surface area contributed by atoms with Crippen LogP contribution in [0.3, 0.4) is 0 Å². The van der Waals surface area contributed by atoms with E-state index in [1.165, 1.54) is 16.3 Å². The average molecular weight is 255 g/mol. The lowest BCUT2D eigenvalue weighted by atomic mass is 9.87. The van der Waals surface area contributed by atoms with E-state index >= 15 is 0 Å². The van der Waals surface area contributed by atoms with Crippen molar-refractivity contribution in [3.8, 4) is 0 Å². The molecule has 1 heteroatoms. The fourth-order valence-corrected chi connectivity index (χ4v) is 2.63. The molecule has 2 rings (SSSR count). The summed E-state index contributed by atoms with van der Waals surface area (Å²) in [5.41, 5.74) is 1.48. The van der Waals surface area contributed by atoms with E-state index in [4.69, 9.17) is 0 Å². The zero-order valence-corrected chi connectivity index (χ0v) is 12.3. The molecule has 2 aromatic rings. The SMILES string of the molecule is CCNCC(Cc1cccc2ccccc12)C(C)C. The van der Waals surface area contributed by atoms with Gasteiger partial charge < -0.3 is 5.32 Å². The number of hydrogen-bond donors (Lipinski definition) is 1. The van der Waals surface area contributed by atoms with Crippen molar-refractivity contribution in [1.82, 2.24) is 5.32 Å². The van der Waals surface area contributed by atoms with Crippen molar-refractivity contribution in [2.75, 3.05) is 13.1 Å². The van der Waals surface area contributed by atoms with Crippen molar-refractivity contribution >= 4 is 10.8 Å². The summed E-state index contributed by atoms with van der Waals surface area (Å²) in [6.45, 7) is 8.99. The van der Waals surface area contributed by atoms with Gasteiger partial charge in [0.05, 0.1) is 0 Å². The van der Waals surface area contributed by atoms with Crippen molar-refractivity contribution in [3.63, 3.8) is 0 Å². The van der Waals surface area contributed by atoms with Crippen LogP contribution in [-0.2, 0) is 6.42 Å². The third kappa shape index (κ3) is 3.57. The maximum atomic E-state index is 3.50. The monoisotopic (exact) mass is 255 g/mol. The van der Waals surface area contributed by atoms with Crippen LogP contribution < -0.4 is 5.32 Å². The normalized spacial score (nSPS) is 13.1. The van der Waals surface area contributed by atoms with E-state index in [2.05, 4.69) is 68.6 Å². The summed E-state index contributed by atoms with van der Waals surface area (Å²) in [6, 6.07) is 15.4. The second-order valence-corrected chi connectivity index (χ2v) is 5.65. The third-order valence-corrected chi connectivity index (χ3v) is 3.96. The Bertz CT molecular complexity index is 511. The summed E-state index contributed by atoms with van der Waals surface area (Å²) < 4.78 is 0. The molecule has 102 valence electrons. The van der Waals surface area contributed by atoms with Crippen LogP contribution in [0.25, 0.3) is 10.8 Å². The van der Waals surface area contributed by atoms with Gasteiger partial charge >= 0.3 is 0 Å². The maximum Gasteiger partial charge on any atom is -0.00150 e. The second kappa shape index (κ2) is 6.72. The standard InChI is InChI=1S/C18H25N/c1-4-19-13-17(14(2)3)12-16-10-7-9-15-8-5-6-11-18(15)16/h5-11,14,17,19H,4,12-13H2,1-3H3. The Hall–Kier alpha value is -1.34. The first kappa shape index (κ1) is 14.1. The van der Waals surface area contributed by atoms with Crippen LogP contribution >= 0.6 is 0 Å². The van der Waals surface area contributed by atoms with Gasteiger partial charge in [-0.1, -0.05) is 63.2 Å². The van der Waals surface area contributed by atoms with Gasteiger partial charge in [-0.05, 0) is 47.7 Å². The predicted octanol–water partition coefficient (Wildman–Crippen LogP) is 4.26. The minimum atomic E-state index is 0.700. The van der Waals surface area contributed by atoms with Crippen molar-refractivity contribution < 1.29 is 0 Å². The fourth-order valence-electron chi connectivity index (χ4n) is 2.63. The number of nitrogens with one attached hydrogen (secondary N) is 1. The Labute approximate surface area is 117 Å². The summed E-state index contributed by atoms with van der Waals surface area (Å²) in [7, 11) is 0. The number of rotatable bonds is 6. The molecule has 0 aliphatic heterocycles. The molecular weight excluding hydrogens is 230 g/mol. The quantitative estimate of drug-likeness (QED) is 0.813. The van der Waals surface area contributed by atoms with Crippen molar-refractivity contribution in [2.45, 2.75) is 27.2 Å². The lowest BCUT2D eigenvalue weighted by molar-refractivity contribution is 0.364. The number of fused-ring (bicyclic) bond motifs is 1. The molecule has 0 bridgehead atoms. The van der Waals surface area contributed by atoms with Gasteiger partial charge in [-0.2, -0.15) is 0 Å². The van der Waals surface area contributed by atoms with E-state index in [9.17, 15) is 0 Å². The first-order chi connectivity index (χ1) is 9.22. The topological polar surface area (TPSA) is 12.0 Å². The summed E-state index contributed by atoms with van der Waals surface area (Å²) in [6.07, 6.45) is 1.16. The molecule has 0 fully saturated rings. The van der Waals surface area contributed by atoms with Gasteiger partial charge in [0, 0.05) is 0 Å². The van der Waals surface area contributed by atoms with Gasteiger partial charge in [0.2, 0.25) is 0 Å². The largest absolute Gasteiger partial charge is 0.317 e. The van der Waals surface area contributed by atoms with Gasteiger partial charge in [-0.25, -0.2) is 0 Å². The average Bonchev–Trinajstić information content (AvgIpc) is 2.43. The first-order valence-corrected chi connectivity index (χ1v) is 7.39. The summed E-state index contributed by atoms with van der Waals surface area (Å²) >= 11 is 0.